The highest BCUT2D eigenvalue weighted by atomic mass is 79.9. The van der Waals surface area contributed by atoms with Crippen LogP contribution in [0.5, 0.6) is 17.2 Å². The van der Waals surface area contributed by atoms with Crippen LogP contribution in [0.3, 0.4) is 0 Å². The smallest absolute Gasteiger partial charge is 0.313 e. The maximum Gasteiger partial charge on any atom is 0.313 e. The molecule has 2 aromatic carbocycles. The van der Waals surface area contributed by atoms with Crippen molar-refractivity contribution in [2.24, 2.45) is 0 Å². The molecule has 0 fully saturated rings. The van der Waals surface area contributed by atoms with Crippen molar-refractivity contribution >= 4 is 50.0 Å². The van der Waals surface area contributed by atoms with Crippen LogP contribution in [0.1, 0.15) is 55.9 Å². The summed E-state index contributed by atoms with van der Waals surface area (Å²) in [5.41, 5.74) is 1.93. The highest BCUT2D eigenvalue weighted by Crippen LogP contribution is 2.42. The molecule has 1 heterocycles. The molecule has 0 saturated carbocycles. The van der Waals surface area contributed by atoms with Gasteiger partial charge in [0.2, 0.25) is 0 Å². The number of pyridine rings is 1. The quantitative estimate of drug-likeness (QED) is 0.301. The standard InChI is InChI=1S/C26H25Br2NO4/c1-15(2)20-14-19(11-17(23(20)30)6-5-16-7-9-29-10-8-16)33-24-21(27)12-18(13-22(24)28)26(3,4)25(31)32/h5-15,30H,1-4H3,(H,31,32). The zero-order valence-corrected chi connectivity index (χ0v) is 21.9. The second-order valence-electron chi connectivity index (χ2n) is 8.52. The van der Waals surface area contributed by atoms with E-state index in [4.69, 9.17) is 4.74 Å². The van der Waals surface area contributed by atoms with Gasteiger partial charge in [-0.05, 0) is 99.2 Å². The summed E-state index contributed by atoms with van der Waals surface area (Å²) in [6.45, 7) is 7.31. The number of aliphatic carboxylic acids is 1. The highest BCUT2D eigenvalue weighted by Gasteiger charge is 2.31. The first-order valence-corrected chi connectivity index (χ1v) is 11.9. The minimum absolute atomic E-state index is 0.0762. The number of ether oxygens (including phenoxy) is 1. The van der Waals surface area contributed by atoms with Crippen LogP contribution in [0.2, 0.25) is 0 Å². The van der Waals surface area contributed by atoms with Gasteiger partial charge < -0.3 is 14.9 Å². The SMILES string of the molecule is CC(C)c1cc(Oc2c(Br)cc(C(C)(C)C(=O)O)cc2Br)cc(C=Cc2ccncc2)c1O. The summed E-state index contributed by atoms with van der Waals surface area (Å²) >= 11 is 7.04. The van der Waals surface area contributed by atoms with Crippen LogP contribution in [0.15, 0.2) is 57.7 Å². The highest BCUT2D eigenvalue weighted by molar-refractivity contribution is 9.11. The minimum atomic E-state index is -1.06. The number of carboxylic acid groups (broad SMARTS) is 1. The van der Waals surface area contributed by atoms with Gasteiger partial charge in [-0.15, -0.1) is 0 Å². The van der Waals surface area contributed by atoms with E-state index >= 15 is 0 Å². The molecule has 172 valence electrons. The Bertz CT molecular complexity index is 1180. The lowest BCUT2D eigenvalue weighted by atomic mass is 9.85. The van der Waals surface area contributed by atoms with Crippen LogP contribution in [0.4, 0.5) is 0 Å². The van der Waals surface area contributed by atoms with Gasteiger partial charge in [0.15, 0.2) is 5.75 Å². The van der Waals surface area contributed by atoms with Crippen molar-refractivity contribution in [3.05, 3.63) is 80.0 Å². The number of phenols is 1. The van der Waals surface area contributed by atoms with Crippen LogP contribution < -0.4 is 4.74 Å². The maximum absolute atomic E-state index is 11.7. The number of phenolic OH excluding ortho intramolecular Hbond substituents is 1. The summed E-state index contributed by atoms with van der Waals surface area (Å²) in [5, 5.41) is 20.4. The molecule has 1 aromatic heterocycles. The Hall–Kier alpha value is -2.64. The third kappa shape index (κ3) is 5.65. The molecule has 0 radical (unpaired) electrons. The van der Waals surface area contributed by atoms with E-state index in [2.05, 4.69) is 36.8 Å². The van der Waals surface area contributed by atoms with Crippen molar-refractivity contribution < 1.29 is 19.7 Å². The molecule has 7 heteroatoms. The molecule has 0 unspecified atom stereocenters. The van der Waals surface area contributed by atoms with E-state index in [0.29, 0.717) is 31.6 Å². The van der Waals surface area contributed by atoms with E-state index in [-0.39, 0.29) is 11.7 Å². The van der Waals surface area contributed by atoms with Crippen molar-refractivity contribution in [3.63, 3.8) is 0 Å². The lowest BCUT2D eigenvalue weighted by Crippen LogP contribution is -2.28. The summed E-state index contributed by atoms with van der Waals surface area (Å²) in [4.78, 5) is 15.7. The Morgan fingerprint density at radius 2 is 1.67 bits per heavy atom. The number of halogens is 2. The fourth-order valence-electron chi connectivity index (χ4n) is 3.20. The summed E-state index contributed by atoms with van der Waals surface area (Å²) in [6.07, 6.45) is 7.16. The van der Waals surface area contributed by atoms with Crippen LogP contribution in [-0.4, -0.2) is 21.2 Å². The number of carbonyl (C=O) groups is 1. The van der Waals surface area contributed by atoms with E-state index < -0.39 is 11.4 Å². The van der Waals surface area contributed by atoms with Gasteiger partial charge in [0.1, 0.15) is 11.5 Å². The van der Waals surface area contributed by atoms with Gasteiger partial charge in [-0.25, -0.2) is 0 Å². The summed E-state index contributed by atoms with van der Waals surface area (Å²) in [5.74, 6) is 0.439. The fourth-order valence-corrected chi connectivity index (χ4v) is 4.55. The molecule has 0 aliphatic rings. The fraction of sp³-hybridized carbons (Fsp3) is 0.231. The third-order valence-electron chi connectivity index (χ3n) is 5.40. The Morgan fingerprint density at radius 1 is 1.06 bits per heavy atom. The van der Waals surface area contributed by atoms with E-state index in [1.54, 1.807) is 44.4 Å². The molecule has 3 aromatic rings. The average Bonchev–Trinajstić information content (AvgIpc) is 2.76. The second kappa shape index (κ2) is 10.1. The molecular formula is C26H25Br2NO4. The lowest BCUT2D eigenvalue weighted by Gasteiger charge is -2.22. The molecular weight excluding hydrogens is 550 g/mol. The number of nitrogens with zero attached hydrogens (tertiary/aromatic N) is 1. The van der Waals surface area contributed by atoms with Crippen LogP contribution in [0, 0.1) is 0 Å². The topological polar surface area (TPSA) is 79.7 Å². The van der Waals surface area contributed by atoms with Gasteiger partial charge in [-0.1, -0.05) is 26.0 Å². The van der Waals surface area contributed by atoms with Crippen molar-refractivity contribution in [1.82, 2.24) is 4.98 Å². The Morgan fingerprint density at radius 3 is 2.21 bits per heavy atom. The van der Waals surface area contributed by atoms with Gasteiger partial charge >= 0.3 is 5.97 Å². The zero-order valence-electron chi connectivity index (χ0n) is 18.8. The van der Waals surface area contributed by atoms with Crippen LogP contribution in [-0.2, 0) is 10.2 Å². The number of aromatic nitrogens is 1. The first-order chi connectivity index (χ1) is 15.5. The third-order valence-corrected chi connectivity index (χ3v) is 6.58. The first-order valence-electron chi connectivity index (χ1n) is 10.4. The number of hydrogen-bond donors (Lipinski definition) is 2. The Kier molecular flexibility index (Phi) is 7.65. The van der Waals surface area contributed by atoms with E-state index in [1.807, 2.05) is 44.2 Å². The van der Waals surface area contributed by atoms with Crippen molar-refractivity contribution in [2.75, 3.05) is 0 Å². The van der Waals surface area contributed by atoms with E-state index in [9.17, 15) is 15.0 Å². The molecule has 0 saturated heterocycles. The molecule has 2 N–H and O–H groups in total. The number of aromatic hydroxyl groups is 1. The second-order valence-corrected chi connectivity index (χ2v) is 10.2. The van der Waals surface area contributed by atoms with E-state index in [1.165, 1.54) is 0 Å². The molecule has 0 aliphatic carbocycles. The van der Waals surface area contributed by atoms with Crippen molar-refractivity contribution in [3.8, 4) is 17.2 Å². The molecule has 0 atom stereocenters. The van der Waals surface area contributed by atoms with Gasteiger partial charge in [0.05, 0.1) is 14.4 Å². The molecule has 5 nitrogen and oxygen atoms in total. The molecule has 0 bridgehead atoms. The van der Waals surface area contributed by atoms with Crippen molar-refractivity contribution in [1.29, 1.82) is 0 Å². The van der Waals surface area contributed by atoms with Gasteiger partial charge in [-0.3, -0.25) is 9.78 Å². The van der Waals surface area contributed by atoms with Gasteiger partial charge in [-0.2, -0.15) is 0 Å². The molecule has 0 aliphatic heterocycles. The Labute approximate surface area is 210 Å². The van der Waals surface area contributed by atoms with Crippen LogP contribution >= 0.6 is 31.9 Å². The summed E-state index contributed by atoms with van der Waals surface area (Å²) < 4.78 is 7.45. The largest absolute Gasteiger partial charge is 0.507 e. The number of carboxylic acids is 1. The van der Waals surface area contributed by atoms with Crippen molar-refractivity contribution in [2.45, 2.75) is 39.0 Å². The minimum Gasteiger partial charge on any atom is -0.507 e. The Balaban J connectivity index is 2.02. The maximum atomic E-state index is 11.7. The molecule has 0 amide bonds. The monoisotopic (exact) mass is 573 g/mol. The number of benzene rings is 2. The van der Waals surface area contributed by atoms with Crippen LogP contribution in [0.25, 0.3) is 12.2 Å². The van der Waals surface area contributed by atoms with Gasteiger partial charge in [0.25, 0.3) is 0 Å². The van der Waals surface area contributed by atoms with E-state index in [0.717, 1.165) is 11.1 Å². The average molecular weight is 575 g/mol. The zero-order chi connectivity index (χ0) is 24.3. The lowest BCUT2D eigenvalue weighted by molar-refractivity contribution is -0.142. The summed E-state index contributed by atoms with van der Waals surface area (Å²) in [6, 6.07) is 10.9. The molecule has 3 rings (SSSR count). The molecule has 33 heavy (non-hydrogen) atoms. The number of hydrogen-bond acceptors (Lipinski definition) is 4. The normalized spacial score (nSPS) is 11.8. The number of rotatable bonds is 7. The van der Waals surface area contributed by atoms with Gasteiger partial charge in [0, 0.05) is 23.5 Å². The first kappa shape index (κ1) is 25.0. The summed E-state index contributed by atoms with van der Waals surface area (Å²) in [7, 11) is 0. The molecule has 0 spiro atoms. The predicted octanol–water partition coefficient (Wildman–Crippen LogP) is 7.76. The predicted molar refractivity (Wildman–Crippen MR) is 138 cm³/mol.